The first kappa shape index (κ1) is 19.0. The Kier molecular flexibility index (Phi) is 6.18. The van der Waals surface area contributed by atoms with Gasteiger partial charge >= 0.3 is 0 Å². The molecule has 2 aromatic rings. The minimum Gasteiger partial charge on any atom is -0.375 e. The van der Waals surface area contributed by atoms with Gasteiger partial charge in [0, 0.05) is 31.8 Å². The van der Waals surface area contributed by atoms with Gasteiger partial charge in [0.2, 0.25) is 5.91 Å². The van der Waals surface area contributed by atoms with Gasteiger partial charge in [0.25, 0.3) is 11.8 Å². The fourth-order valence-electron chi connectivity index (χ4n) is 3.30. The van der Waals surface area contributed by atoms with Crippen LogP contribution in [0.2, 0.25) is 0 Å². The third-order valence-corrected chi connectivity index (χ3v) is 4.49. The number of hydrogen-bond acceptors (Lipinski definition) is 6. The van der Waals surface area contributed by atoms with Gasteiger partial charge < -0.3 is 19.5 Å². The fraction of sp³-hybridized carbons (Fsp3) is 0.474. The molecule has 3 rings (SSSR count). The SMILES string of the molecule is COCc1nc([C@H]2CCCCCN2C(=O)c2cccc(NC(C)=O)c2)no1. The van der Waals surface area contributed by atoms with E-state index in [2.05, 4.69) is 15.5 Å². The van der Waals surface area contributed by atoms with E-state index in [1.54, 1.807) is 36.3 Å². The molecule has 0 saturated carbocycles. The van der Waals surface area contributed by atoms with Gasteiger partial charge in [-0.05, 0) is 31.0 Å². The zero-order valence-electron chi connectivity index (χ0n) is 15.6. The number of aromatic nitrogens is 2. The molecule has 1 atom stereocenters. The van der Waals surface area contributed by atoms with Gasteiger partial charge in [-0.1, -0.05) is 24.1 Å². The van der Waals surface area contributed by atoms with Crippen molar-refractivity contribution in [1.29, 1.82) is 0 Å². The summed E-state index contributed by atoms with van der Waals surface area (Å²) in [5.74, 6) is 0.629. The maximum Gasteiger partial charge on any atom is 0.254 e. The molecule has 0 unspecified atom stereocenters. The summed E-state index contributed by atoms with van der Waals surface area (Å²) in [6.07, 6.45) is 3.75. The monoisotopic (exact) mass is 372 g/mol. The van der Waals surface area contributed by atoms with Crippen LogP contribution in [0.15, 0.2) is 28.8 Å². The number of amides is 2. The average Bonchev–Trinajstić information content (AvgIpc) is 2.96. The predicted octanol–water partition coefficient (Wildman–Crippen LogP) is 2.93. The number of carbonyl (C=O) groups excluding carboxylic acids is 2. The zero-order chi connectivity index (χ0) is 19.2. The number of hydrogen-bond donors (Lipinski definition) is 1. The van der Waals surface area contributed by atoms with Crippen LogP contribution in [0.5, 0.6) is 0 Å². The van der Waals surface area contributed by atoms with Crippen molar-refractivity contribution in [3.05, 3.63) is 41.5 Å². The molecule has 0 radical (unpaired) electrons. The molecule has 2 heterocycles. The maximum atomic E-state index is 13.2. The minimum atomic E-state index is -0.237. The molecule has 1 aliphatic rings. The molecule has 0 spiro atoms. The van der Waals surface area contributed by atoms with E-state index in [0.29, 0.717) is 29.5 Å². The Morgan fingerprint density at radius 2 is 2.19 bits per heavy atom. The lowest BCUT2D eigenvalue weighted by atomic mass is 10.1. The first-order valence-electron chi connectivity index (χ1n) is 9.08. The predicted molar refractivity (Wildman–Crippen MR) is 98.0 cm³/mol. The Morgan fingerprint density at radius 1 is 1.33 bits per heavy atom. The number of nitrogens with zero attached hydrogens (tertiary/aromatic N) is 3. The molecule has 1 N–H and O–H groups in total. The van der Waals surface area contributed by atoms with Crippen molar-refractivity contribution in [2.24, 2.45) is 0 Å². The highest BCUT2D eigenvalue weighted by Gasteiger charge is 2.31. The first-order chi connectivity index (χ1) is 13.1. The first-order valence-corrected chi connectivity index (χ1v) is 9.08. The number of likely N-dealkylation sites (tertiary alicyclic amines) is 1. The summed E-state index contributed by atoms with van der Waals surface area (Å²) in [7, 11) is 1.56. The molecule has 1 fully saturated rings. The second kappa shape index (κ2) is 8.77. The van der Waals surface area contributed by atoms with Crippen LogP contribution in [0.4, 0.5) is 5.69 Å². The van der Waals surface area contributed by atoms with Crippen molar-refractivity contribution >= 4 is 17.5 Å². The summed E-state index contributed by atoms with van der Waals surface area (Å²) in [4.78, 5) is 30.7. The van der Waals surface area contributed by atoms with Gasteiger partial charge in [0.05, 0.1) is 6.04 Å². The molecular weight excluding hydrogens is 348 g/mol. The number of rotatable bonds is 5. The van der Waals surface area contributed by atoms with E-state index in [0.717, 1.165) is 25.7 Å². The average molecular weight is 372 g/mol. The molecule has 1 aromatic heterocycles. The Bertz CT molecular complexity index is 805. The molecule has 27 heavy (non-hydrogen) atoms. The topological polar surface area (TPSA) is 97.6 Å². The number of nitrogens with one attached hydrogen (secondary N) is 1. The molecule has 8 heteroatoms. The maximum absolute atomic E-state index is 13.2. The molecule has 1 aliphatic heterocycles. The summed E-state index contributed by atoms with van der Waals surface area (Å²) < 4.78 is 10.3. The highest BCUT2D eigenvalue weighted by atomic mass is 16.5. The van der Waals surface area contributed by atoms with Crippen LogP contribution in [0.1, 0.15) is 60.7 Å². The lowest BCUT2D eigenvalue weighted by molar-refractivity contribution is -0.114. The minimum absolute atomic E-state index is 0.104. The largest absolute Gasteiger partial charge is 0.375 e. The van der Waals surface area contributed by atoms with E-state index in [9.17, 15) is 9.59 Å². The molecule has 2 amide bonds. The standard InChI is InChI=1S/C19H24N4O4/c1-13(24)20-15-8-6-7-14(11-15)19(25)23-10-5-3-4-9-16(23)18-21-17(12-26-2)27-22-18/h6-8,11,16H,3-5,9-10,12H2,1-2H3,(H,20,24)/t16-/m1/s1. The lowest BCUT2D eigenvalue weighted by Crippen LogP contribution is -2.35. The highest BCUT2D eigenvalue weighted by Crippen LogP contribution is 2.30. The smallest absolute Gasteiger partial charge is 0.254 e. The van der Waals surface area contributed by atoms with Crippen LogP contribution < -0.4 is 5.32 Å². The Hall–Kier alpha value is -2.74. The van der Waals surface area contributed by atoms with Gasteiger partial charge in [-0.15, -0.1) is 0 Å². The quantitative estimate of drug-likeness (QED) is 0.867. The zero-order valence-corrected chi connectivity index (χ0v) is 15.6. The van der Waals surface area contributed by atoms with Crippen molar-refractivity contribution in [1.82, 2.24) is 15.0 Å². The summed E-state index contributed by atoms with van der Waals surface area (Å²) >= 11 is 0. The molecule has 0 aliphatic carbocycles. The normalized spacial score (nSPS) is 17.4. The Balaban J connectivity index is 1.86. The van der Waals surface area contributed by atoms with E-state index in [4.69, 9.17) is 9.26 Å². The number of carbonyl (C=O) groups is 2. The van der Waals surface area contributed by atoms with Crippen LogP contribution in [-0.4, -0.2) is 40.5 Å². The third-order valence-electron chi connectivity index (χ3n) is 4.49. The van der Waals surface area contributed by atoms with Gasteiger partial charge in [0.1, 0.15) is 6.61 Å². The highest BCUT2D eigenvalue weighted by molar-refractivity contribution is 5.97. The number of methoxy groups -OCH3 is 1. The molecule has 144 valence electrons. The van der Waals surface area contributed by atoms with E-state index in [1.165, 1.54) is 6.92 Å². The van der Waals surface area contributed by atoms with Crippen LogP contribution in [0, 0.1) is 0 Å². The molecule has 8 nitrogen and oxygen atoms in total. The summed E-state index contributed by atoms with van der Waals surface area (Å²) in [5.41, 5.74) is 1.12. The van der Waals surface area contributed by atoms with E-state index >= 15 is 0 Å². The van der Waals surface area contributed by atoms with Gasteiger partial charge in [-0.3, -0.25) is 9.59 Å². The second-order valence-corrected chi connectivity index (χ2v) is 6.60. The van der Waals surface area contributed by atoms with Crippen LogP contribution in [-0.2, 0) is 16.1 Å². The third kappa shape index (κ3) is 4.71. The molecule has 1 saturated heterocycles. The van der Waals surface area contributed by atoms with E-state index in [1.807, 2.05) is 0 Å². The number of anilines is 1. The molecule has 0 bridgehead atoms. The lowest BCUT2D eigenvalue weighted by Gasteiger charge is -2.28. The van der Waals surface area contributed by atoms with E-state index < -0.39 is 0 Å². The number of benzene rings is 1. The van der Waals surface area contributed by atoms with Crippen LogP contribution in [0.25, 0.3) is 0 Å². The summed E-state index contributed by atoms with van der Waals surface area (Å²) in [6, 6.07) is 6.73. The van der Waals surface area contributed by atoms with Crippen molar-refractivity contribution in [3.63, 3.8) is 0 Å². The van der Waals surface area contributed by atoms with Gasteiger partial charge in [-0.25, -0.2) is 0 Å². The second-order valence-electron chi connectivity index (χ2n) is 6.60. The molecule has 1 aromatic carbocycles. The van der Waals surface area contributed by atoms with Crippen molar-refractivity contribution in [2.45, 2.75) is 45.3 Å². The van der Waals surface area contributed by atoms with Crippen molar-refractivity contribution in [2.75, 3.05) is 19.0 Å². The van der Waals surface area contributed by atoms with Gasteiger partial charge in [0.15, 0.2) is 5.82 Å². The van der Waals surface area contributed by atoms with E-state index in [-0.39, 0.29) is 24.5 Å². The van der Waals surface area contributed by atoms with Crippen molar-refractivity contribution in [3.8, 4) is 0 Å². The fourth-order valence-corrected chi connectivity index (χ4v) is 3.30. The van der Waals surface area contributed by atoms with Gasteiger partial charge in [-0.2, -0.15) is 4.98 Å². The van der Waals surface area contributed by atoms with Crippen LogP contribution >= 0.6 is 0 Å². The van der Waals surface area contributed by atoms with Crippen molar-refractivity contribution < 1.29 is 18.8 Å². The Labute approximate surface area is 157 Å². The summed E-state index contributed by atoms with van der Waals surface area (Å²) in [6.45, 7) is 2.31. The summed E-state index contributed by atoms with van der Waals surface area (Å²) in [5, 5.41) is 6.78. The number of ether oxygens (including phenoxy) is 1. The molecular formula is C19H24N4O4. The Morgan fingerprint density at radius 3 is 2.96 bits per heavy atom. The van der Waals surface area contributed by atoms with Crippen LogP contribution in [0.3, 0.4) is 0 Å².